The first-order valence-corrected chi connectivity index (χ1v) is 10.4. The predicted molar refractivity (Wildman–Crippen MR) is 97.5 cm³/mol. The average molecular weight is 478 g/mol. The van der Waals surface area contributed by atoms with E-state index in [-0.39, 0.29) is 25.3 Å². The van der Waals surface area contributed by atoms with Crippen LogP contribution in [0, 0.1) is 0 Å². The van der Waals surface area contributed by atoms with Crippen molar-refractivity contribution in [1.29, 1.82) is 0 Å². The standard InChI is InChI=1S/C16H17F3N6O6S/c1-23-21-13(20-22-23)8-14(26)24-6-7-25(12(9-24)15(27)28)32(29,30)11-4-2-10(3-5-11)31-16(17,18)19/h2-5,12H,6-9H2,1H3,(H,27,28)/t12-/m1/s1. The zero-order valence-electron chi connectivity index (χ0n) is 16.4. The van der Waals surface area contributed by atoms with Crippen molar-refractivity contribution in [1.82, 2.24) is 29.4 Å². The minimum absolute atomic E-state index is 0.0998. The fourth-order valence-electron chi connectivity index (χ4n) is 3.07. The van der Waals surface area contributed by atoms with E-state index < -0.39 is 51.5 Å². The molecule has 2 aromatic rings. The van der Waals surface area contributed by atoms with E-state index in [0.29, 0.717) is 4.31 Å². The molecule has 2 heterocycles. The highest BCUT2D eigenvalue weighted by atomic mass is 32.2. The Morgan fingerprint density at radius 3 is 2.41 bits per heavy atom. The lowest BCUT2D eigenvalue weighted by Gasteiger charge is -2.38. The number of aliphatic carboxylic acids is 1. The first-order chi connectivity index (χ1) is 14.9. The predicted octanol–water partition coefficient (Wildman–Crippen LogP) is -0.362. The minimum atomic E-state index is -4.95. The highest BCUT2D eigenvalue weighted by Gasteiger charge is 2.41. The van der Waals surface area contributed by atoms with Gasteiger partial charge < -0.3 is 14.7 Å². The van der Waals surface area contributed by atoms with Crippen molar-refractivity contribution in [3.8, 4) is 5.75 Å². The average Bonchev–Trinajstić information content (AvgIpc) is 3.11. The normalized spacial score (nSPS) is 17.9. The Hall–Kier alpha value is -3.27. The number of ether oxygens (including phenoxy) is 1. The molecule has 12 nitrogen and oxygen atoms in total. The number of aryl methyl sites for hydroxylation is 1. The number of carboxylic acids is 1. The molecule has 0 saturated carbocycles. The first-order valence-electron chi connectivity index (χ1n) is 8.98. The Morgan fingerprint density at radius 2 is 1.88 bits per heavy atom. The number of aromatic nitrogens is 4. The molecule has 1 amide bonds. The zero-order chi connectivity index (χ0) is 23.7. The van der Waals surface area contributed by atoms with Gasteiger partial charge in [-0.1, -0.05) is 0 Å². The Kier molecular flexibility index (Phi) is 6.36. The van der Waals surface area contributed by atoms with Crippen LogP contribution in [0.5, 0.6) is 5.75 Å². The topological polar surface area (TPSA) is 148 Å². The summed E-state index contributed by atoms with van der Waals surface area (Å²) in [5.41, 5.74) is 0. The lowest BCUT2D eigenvalue weighted by Crippen LogP contribution is -2.59. The van der Waals surface area contributed by atoms with Crippen molar-refractivity contribution in [3.63, 3.8) is 0 Å². The molecule has 1 atom stereocenters. The van der Waals surface area contributed by atoms with Crippen LogP contribution in [0.2, 0.25) is 0 Å². The molecule has 32 heavy (non-hydrogen) atoms. The number of carbonyl (C=O) groups excluding carboxylic acids is 1. The third-order valence-corrected chi connectivity index (χ3v) is 6.41. The summed E-state index contributed by atoms with van der Waals surface area (Å²) in [6.45, 7) is -0.861. The molecular weight excluding hydrogens is 461 g/mol. The first kappa shape index (κ1) is 23.4. The van der Waals surface area contributed by atoms with Crippen LogP contribution in [-0.2, 0) is 33.1 Å². The quantitative estimate of drug-likeness (QED) is 0.587. The van der Waals surface area contributed by atoms with Gasteiger partial charge >= 0.3 is 12.3 Å². The molecule has 0 spiro atoms. The number of alkyl halides is 3. The lowest BCUT2D eigenvalue weighted by atomic mass is 10.2. The molecule has 1 N–H and O–H groups in total. The summed E-state index contributed by atoms with van der Waals surface area (Å²) in [7, 11) is -2.87. The maximum atomic E-state index is 12.9. The number of piperazine rings is 1. The second-order valence-corrected chi connectivity index (χ2v) is 8.59. The number of hydrogen-bond acceptors (Lipinski definition) is 8. The number of carbonyl (C=O) groups is 2. The monoisotopic (exact) mass is 478 g/mol. The van der Waals surface area contributed by atoms with Crippen LogP contribution >= 0.6 is 0 Å². The fourth-order valence-corrected chi connectivity index (χ4v) is 4.64. The molecule has 1 aromatic heterocycles. The van der Waals surface area contributed by atoms with Gasteiger partial charge in [-0.2, -0.15) is 9.10 Å². The fraction of sp³-hybridized carbons (Fsp3) is 0.438. The number of tetrazole rings is 1. The number of hydrogen-bond donors (Lipinski definition) is 1. The largest absolute Gasteiger partial charge is 0.573 e. The highest BCUT2D eigenvalue weighted by Crippen LogP contribution is 2.27. The summed E-state index contributed by atoms with van der Waals surface area (Å²) in [6, 6.07) is 1.78. The Balaban J connectivity index is 1.75. The van der Waals surface area contributed by atoms with Crippen LogP contribution in [-0.4, -0.2) is 86.9 Å². The second kappa shape index (κ2) is 8.70. The number of nitrogens with zero attached hydrogens (tertiary/aromatic N) is 6. The third kappa shape index (κ3) is 5.31. The highest BCUT2D eigenvalue weighted by molar-refractivity contribution is 7.89. The number of rotatable bonds is 6. The van der Waals surface area contributed by atoms with Crippen LogP contribution in [0.25, 0.3) is 0 Å². The smallest absolute Gasteiger partial charge is 0.480 e. The summed E-state index contributed by atoms with van der Waals surface area (Å²) >= 11 is 0. The summed E-state index contributed by atoms with van der Waals surface area (Å²) in [4.78, 5) is 26.1. The minimum Gasteiger partial charge on any atom is -0.480 e. The van der Waals surface area contributed by atoms with Crippen LogP contribution in [0.3, 0.4) is 0 Å². The molecule has 0 radical (unpaired) electrons. The Morgan fingerprint density at radius 1 is 1.22 bits per heavy atom. The van der Waals surface area contributed by atoms with Gasteiger partial charge in [0.05, 0.1) is 18.4 Å². The van der Waals surface area contributed by atoms with Crippen molar-refractivity contribution in [2.24, 2.45) is 7.05 Å². The number of halogens is 3. The number of carboxylic acid groups (broad SMARTS) is 1. The van der Waals surface area contributed by atoms with E-state index in [1.807, 2.05) is 0 Å². The van der Waals surface area contributed by atoms with Crippen LogP contribution in [0.15, 0.2) is 29.2 Å². The van der Waals surface area contributed by atoms with E-state index >= 15 is 0 Å². The van der Waals surface area contributed by atoms with Crippen LogP contribution in [0.4, 0.5) is 13.2 Å². The Labute approximate surface area is 179 Å². The van der Waals surface area contributed by atoms with Gasteiger partial charge in [-0.05, 0) is 29.5 Å². The van der Waals surface area contributed by atoms with Crippen molar-refractivity contribution in [3.05, 3.63) is 30.1 Å². The summed E-state index contributed by atoms with van der Waals surface area (Å²) < 4.78 is 67.1. The van der Waals surface area contributed by atoms with Crippen LogP contribution < -0.4 is 4.74 Å². The molecule has 174 valence electrons. The summed E-state index contributed by atoms with van der Waals surface area (Å²) in [5.74, 6) is -2.49. The van der Waals surface area contributed by atoms with E-state index in [9.17, 15) is 36.3 Å². The van der Waals surface area contributed by atoms with Crippen LogP contribution in [0.1, 0.15) is 5.82 Å². The molecule has 1 aliphatic rings. The van der Waals surface area contributed by atoms with Gasteiger partial charge in [-0.15, -0.1) is 23.4 Å². The maximum absolute atomic E-state index is 12.9. The maximum Gasteiger partial charge on any atom is 0.573 e. The van der Waals surface area contributed by atoms with E-state index in [2.05, 4.69) is 20.1 Å². The van der Waals surface area contributed by atoms with Crippen molar-refractivity contribution in [2.75, 3.05) is 19.6 Å². The molecule has 16 heteroatoms. The SMILES string of the molecule is Cn1nnc(CC(=O)N2CCN(S(=O)(=O)c3ccc(OC(F)(F)F)cc3)[C@@H](C(=O)O)C2)n1. The van der Waals surface area contributed by atoms with Gasteiger partial charge in [0.25, 0.3) is 0 Å². The van der Waals surface area contributed by atoms with E-state index in [1.165, 1.54) is 11.9 Å². The lowest BCUT2D eigenvalue weighted by molar-refractivity contribution is -0.274. The summed E-state index contributed by atoms with van der Waals surface area (Å²) in [5, 5.41) is 20.7. The molecule has 1 aromatic carbocycles. The van der Waals surface area contributed by atoms with E-state index in [4.69, 9.17) is 0 Å². The molecular formula is C16H17F3N6O6S. The van der Waals surface area contributed by atoms with Gasteiger partial charge in [0, 0.05) is 19.6 Å². The zero-order valence-corrected chi connectivity index (χ0v) is 17.2. The molecule has 0 unspecified atom stereocenters. The number of benzene rings is 1. The van der Waals surface area contributed by atoms with Gasteiger partial charge in [0.2, 0.25) is 15.9 Å². The van der Waals surface area contributed by atoms with E-state index in [1.54, 1.807) is 0 Å². The second-order valence-electron chi connectivity index (χ2n) is 6.70. The third-order valence-electron chi connectivity index (χ3n) is 4.49. The van der Waals surface area contributed by atoms with Crippen molar-refractivity contribution in [2.45, 2.75) is 23.7 Å². The molecule has 1 saturated heterocycles. The summed E-state index contributed by atoms with van der Waals surface area (Å²) in [6.07, 6.45) is -5.19. The molecule has 1 fully saturated rings. The molecule has 0 bridgehead atoms. The molecule has 1 aliphatic heterocycles. The van der Waals surface area contributed by atoms with E-state index in [0.717, 1.165) is 29.1 Å². The molecule has 3 rings (SSSR count). The number of amides is 1. The molecule has 0 aliphatic carbocycles. The van der Waals surface area contributed by atoms with Gasteiger partial charge in [0.15, 0.2) is 5.82 Å². The van der Waals surface area contributed by atoms with Gasteiger partial charge in [0.1, 0.15) is 11.8 Å². The van der Waals surface area contributed by atoms with Crippen molar-refractivity contribution >= 4 is 21.9 Å². The van der Waals surface area contributed by atoms with Gasteiger partial charge in [-0.3, -0.25) is 9.59 Å². The number of sulfonamides is 1. The van der Waals surface area contributed by atoms with Crippen molar-refractivity contribution < 1.29 is 41.0 Å². The van der Waals surface area contributed by atoms with Gasteiger partial charge in [-0.25, -0.2) is 8.42 Å². The Bertz CT molecular complexity index is 1100.